The lowest BCUT2D eigenvalue weighted by molar-refractivity contribution is -0.140. The first-order chi connectivity index (χ1) is 16.2. The number of aromatic nitrogens is 1. The number of aryl methyl sites for hydroxylation is 1. The normalized spacial score (nSPS) is 23.8. The number of amides is 1. The zero-order valence-electron chi connectivity index (χ0n) is 20.6. The van der Waals surface area contributed by atoms with Gasteiger partial charge in [-0.2, -0.15) is 0 Å². The zero-order valence-corrected chi connectivity index (χ0v) is 20.6. The fraction of sp³-hybridized carbons (Fsp3) is 0.593. The summed E-state index contributed by atoms with van der Waals surface area (Å²) in [4.78, 5) is 28.8. The first-order valence-corrected chi connectivity index (χ1v) is 12.3. The number of fused-ring (bicyclic) bond motifs is 2. The molecule has 7 nitrogen and oxygen atoms in total. The molecule has 2 aromatic rings. The van der Waals surface area contributed by atoms with Crippen LogP contribution in [-0.4, -0.2) is 42.7 Å². The first kappa shape index (κ1) is 24.5. The van der Waals surface area contributed by atoms with Crippen molar-refractivity contribution in [2.45, 2.75) is 77.4 Å². The second-order valence-electron chi connectivity index (χ2n) is 10.7. The van der Waals surface area contributed by atoms with Crippen molar-refractivity contribution in [3.05, 3.63) is 53.2 Å². The average molecular weight is 469 g/mol. The van der Waals surface area contributed by atoms with Crippen LogP contribution < -0.4 is 5.32 Å². The summed E-state index contributed by atoms with van der Waals surface area (Å²) < 4.78 is 16.9. The maximum Gasteiger partial charge on any atom is 0.305 e. The SMILES string of the molecule is COC(=O)CCc1ccccc1C[C@@H]1[C@H](c2nc(C(=O)NCCC(C)(C)C)co2)[C@H]2CC[C@@H]1O2. The molecule has 1 aromatic heterocycles. The van der Waals surface area contributed by atoms with Crippen molar-refractivity contribution < 1.29 is 23.5 Å². The van der Waals surface area contributed by atoms with Gasteiger partial charge >= 0.3 is 5.97 Å². The molecule has 0 aliphatic carbocycles. The Morgan fingerprint density at radius 1 is 1.15 bits per heavy atom. The average Bonchev–Trinajstić information content (AvgIpc) is 3.54. The molecule has 0 unspecified atom stereocenters. The molecule has 2 bridgehead atoms. The Morgan fingerprint density at radius 3 is 2.62 bits per heavy atom. The van der Waals surface area contributed by atoms with E-state index < -0.39 is 0 Å². The summed E-state index contributed by atoms with van der Waals surface area (Å²) in [5, 5.41) is 2.95. The summed E-state index contributed by atoms with van der Waals surface area (Å²) in [6.07, 6.45) is 6.40. The van der Waals surface area contributed by atoms with Crippen LogP contribution in [0.15, 0.2) is 34.9 Å². The minimum Gasteiger partial charge on any atom is -0.469 e. The van der Waals surface area contributed by atoms with Crippen molar-refractivity contribution in [2.24, 2.45) is 11.3 Å². The third-order valence-electron chi connectivity index (χ3n) is 7.03. The lowest BCUT2D eigenvalue weighted by Gasteiger charge is -2.26. The molecular formula is C27H36N2O5. The molecule has 4 rings (SSSR count). The van der Waals surface area contributed by atoms with E-state index in [1.54, 1.807) is 0 Å². The third kappa shape index (κ3) is 5.69. The molecule has 3 heterocycles. The van der Waals surface area contributed by atoms with E-state index in [9.17, 15) is 9.59 Å². The van der Waals surface area contributed by atoms with Crippen LogP contribution in [0.2, 0.25) is 0 Å². The van der Waals surface area contributed by atoms with Crippen LogP contribution in [0.4, 0.5) is 0 Å². The van der Waals surface area contributed by atoms with Crippen molar-refractivity contribution in [3.63, 3.8) is 0 Å². The molecule has 1 N–H and O–H groups in total. The van der Waals surface area contributed by atoms with Crippen molar-refractivity contribution in [2.75, 3.05) is 13.7 Å². The lowest BCUT2D eigenvalue weighted by Crippen LogP contribution is -2.29. The summed E-state index contributed by atoms with van der Waals surface area (Å²) in [6.45, 7) is 7.05. The van der Waals surface area contributed by atoms with E-state index in [1.807, 2.05) is 12.1 Å². The van der Waals surface area contributed by atoms with Crippen molar-refractivity contribution in [3.8, 4) is 0 Å². The number of oxazole rings is 1. The van der Waals surface area contributed by atoms with Gasteiger partial charge in [0.05, 0.1) is 25.2 Å². The number of esters is 1. The number of nitrogens with zero attached hydrogens (tertiary/aromatic N) is 1. The highest BCUT2D eigenvalue weighted by atomic mass is 16.5. The van der Waals surface area contributed by atoms with Gasteiger partial charge in [0, 0.05) is 18.9 Å². The molecule has 0 radical (unpaired) electrons. The largest absolute Gasteiger partial charge is 0.469 e. The van der Waals surface area contributed by atoms with Crippen LogP contribution in [0.25, 0.3) is 0 Å². The summed E-state index contributed by atoms with van der Waals surface area (Å²) in [5.41, 5.74) is 2.84. The topological polar surface area (TPSA) is 90.7 Å². The van der Waals surface area contributed by atoms with Gasteiger partial charge < -0.3 is 19.2 Å². The summed E-state index contributed by atoms with van der Waals surface area (Å²) in [5.74, 6) is 0.416. The minimum absolute atomic E-state index is 0.0172. The van der Waals surface area contributed by atoms with Gasteiger partial charge in [0.25, 0.3) is 5.91 Å². The lowest BCUT2D eigenvalue weighted by atomic mass is 9.75. The Balaban J connectivity index is 1.46. The summed E-state index contributed by atoms with van der Waals surface area (Å²) in [6, 6.07) is 8.24. The highest BCUT2D eigenvalue weighted by Crippen LogP contribution is 2.50. The predicted molar refractivity (Wildman–Crippen MR) is 128 cm³/mol. The molecule has 2 aliphatic rings. The maximum atomic E-state index is 12.6. The number of benzene rings is 1. The van der Waals surface area contributed by atoms with Gasteiger partial charge in [-0.25, -0.2) is 4.98 Å². The van der Waals surface area contributed by atoms with E-state index in [0.717, 1.165) is 31.2 Å². The second kappa shape index (κ2) is 10.3. The van der Waals surface area contributed by atoms with Crippen LogP contribution in [0.5, 0.6) is 0 Å². The number of carbonyl (C=O) groups excluding carboxylic acids is 2. The van der Waals surface area contributed by atoms with E-state index in [0.29, 0.717) is 31.0 Å². The van der Waals surface area contributed by atoms with E-state index in [4.69, 9.17) is 13.9 Å². The molecular weight excluding hydrogens is 432 g/mol. The fourth-order valence-electron chi connectivity index (χ4n) is 5.16. The number of rotatable bonds is 9. The molecule has 34 heavy (non-hydrogen) atoms. The van der Waals surface area contributed by atoms with Crippen molar-refractivity contribution >= 4 is 11.9 Å². The second-order valence-corrected chi connectivity index (χ2v) is 10.7. The number of ether oxygens (including phenoxy) is 2. The number of hydrogen-bond donors (Lipinski definition) is 1. The standard InChI is InChI=1S/C27H36N2O5/c1-27(2,3)13-14-28-25(31)20-16-33-26(29-20)24-19(21-10-11-22(24)34-21)15-18-8-6-5-7-17(18)9-12-23(30)32-4/h5-8,16,19,21-22,24H,9-15H2,1-4H3,(H,28,31)/t19-,21-,22+,24-/m0/s1. The van der Waals surface area contributed by atoms with Gasteiger partial charge in [0.1, 0.15) is 6.26 Å². The Morgan fingerprint density at radius 2 is 1.88 bits per heavy atom. The number of carbonyl (C=O) groups is 2. The molecule has 1 aromatic carbocycles. The molecule has 2 aliphatic heterocycles. The highest BCUT2D eigenvalue weighted by Gasteiger charge is 2.51. The van der Waals surface area contributed by atoms with Gasteiger partial charge in [-0.3, -0.25) is 9.59 Å². The van der Waals surface area contributed by atoms with Gasteiger partial charge in [-0.05, 0) is 48.6 Å². The van der Waals surface area contributed by atoms with Gasteiger partial charge in [-0.15, -0.1) is 0 Å². The summed E-state index contributed by atoms with van der Waals surface area (Å²) >= 11 is 0. The first-order valence-electron chi connectivity index (χ1n) is 12.3. The van der Waals surface area contributed by atoms with Crippen molar-refractivity contribution in [1.29, 1.82) is 0 Å². The third-order valence-corrected chi connectivity index (χ3v) is 7.03. The van der Waals surface area contributed by atoms with E-state index in [2.05, 4.69) is 43.2 Å². The molecule has 2 fully saturated rings. The Labute approximate surface area is 201 Å². The monoisotopic (exact) mass is 468 g/mol. The molecule has 1 amide bonds. The molecule has 0 saturated carbocycles. The minimum atomic E-state index is -0.205. The highest BCUT2D eigenvalue weighted by molar-refractivity contribution is 5.91. The van der Waals surface area contributed by atoms with E-state index in [1.165, 1.54) is 18.9 Å². The molecule has 4 atom stereocenters. The quantitative estimate of drug-likeness (QED) is 0.547. The number of methoxy groups -OCH3 is 1. The van der Waals surface area contributed by atoms with Gasteiger partial charge in [0.15, 0.2) is 5.69 Å². The number of hydrogen-bond acceptors (Lipinski definition) is 6. The van der Waals surface area contributed by atoms with Crippen LogP contribution in [0, 0.1) is 11.3 Å². The Hall–Kier alpha value is -2.67. The molecule has 0 spiro atoms. The predicted octanol–water partition coefficient (Wildman–Crippen LogP) is 4.45. The summed E-state index contributed by atoms with van der Waals surface area (Å²) in [7, 11) is 1.42. The maximum absolute atomic E-state index is 12.6. The van der Waals surface area contributed by atoms with Gasteiger partial charge in [0.2, 0.25) is 5.89 Å². The van der Waals surface area contributed by atoms with Crippen LogP contribution in [-0.2, 0) is 27.1 Å². The zero-order chi connectivity index (χ0) is 24.3. The van der Waals surface area contributed by atoms with Crippen molar-refractivity contribution in [1.82, 2.24) is 10.3 Å². The van der Waals surface area contributed by atoms with Crippen LogP contribution in [0.3, 0.4) is 0 Å². The Kier molecular flexibility index (Phi) is 7.41. The van der Waals surface area contributed by atoms with E-state index >= 15 is 0 Å². The van der Waals surface area contributed by atoms with Gasteiger partial charge in [-0.1, -0.05) is 45.0 Å². The number of nitrogens with one attached hydrogen (secondary N) is 1. The van der Waals surface area contributed by atoms with E-state index in [-0.39, 0.29) is 41.3 Å². The molecule has 7 heteroatoms. The molecule has 2 saturated heterocycles. The smallest absolute Gasteiger partial charge is 0.305 e. The van der Waals surface area contributed by atoms with Crippen LogP contribution in [0.1, 0.15) is 79.9 Å². The Bertz CT molecular complexity index is 1010. The molecule has 184 valence electrons. The fourth-order valence-corrected chi connectivity index (χ4v) is 5.16. The van der Waals surface area contributed by atoms with Crippen LogP contribution >= 0.6 is 0 Å².